The van der Waals surface area contributed by atoms with E-state index in [4.69, 9.17) is 0 Å². The number of fused-ring (bicyclic) bond motifs is 1. The molecule has 6 heteroatoms. The molecule has 118 valence electrons. The number of carbonyl (C=O) groups excluding carboxylic acids is 1. The number of para-hydroxylation sites is 1. The average Bonchev–Trinajstić information content (AvgIpc) is 2.49. The van der Waals surface area contributed by atoms with Crippen LogP contribution in [-0.4, -0.2) is 33.2 Å². The Hall–Kier alpha value is -2.21. The number of aliphatic hydroxyl groups excluding tert-OH is 1. The van der Waals surface area contributed by atoms with Crippen LogP contribution in [0.4, 0.5) is 0 Å². The number of carbonyl (C=O) groups is 1. The molecule has 0 aliphatic heterocycles. The summed E-state index contributed by atoms with van der Waals surface area (Å²) in [5, 5.41) is 12.5. The van der Waals surface area contributed by atoms with Crippen molar-refractivity contribution in [2.75, 3.05) is 6.61 Å². The SMILES string of the molecule is CC(C)CC(CO)NC(=O)Cn1cnc2ccccc2c1=O. The Balaban J connectivity index is 2.12. The molecule has 1 unspecified atom stereocenters. The van der Waals surface area contributed by atoms with E-state index in [-0.39, 0.29) is 30.7 Å². The Morgan fingerprint density at radius 3 is 2.77 bits per heavy atom. The third kappa shape index (κ3) is 3.92. The molecule has 1 heterocycles. The molecule has 0 aliphatic rings. The summed E-state index contributed by atoms with van der Waals surface area (Å²) in [5.41, 5.74) is 0.363. The second kappa shape index (κ2) is 7.17. The summed E-state index contributed by atoms with van der Waals surface area (Å²) < 4.78 is 1.28. The molecule has 6 nitrogen and oxygen atoms in total. The van der Waals surface area contributed by atoms with Crippen molar-refractivity contribution < 1.29 is 9.90 Å². The van der Waals surface area contributed by atoms with Crippen LogP contribution in [0.1, 0.15) is 20.3 Å². The van der Waals surface area contributed by atoms with Gasteiger partial charge < -0.3 is 10.4 Å². The van der Waals surface area contributed by atoms with E-state index in [9.17, 15) is 14.7 Å². The molecule has 2 rings (SSSR count). The van der Waals surface area contributed by atoms with Crippen LogP contribution in [0, 0.1) is 5.92 Å². The van der Waals surface area contributed by atoms with Gasteiger partial charge in [-0.2, -0.15) is 0 Å². The number of aromatic nitrogens is 2. The lowest BCUT2D eigenvalue weighted by Gasteiger charge is -2.18. The van der Waals surface area contributed by atoms with Crippen molar-refractivity contribution in [3.63, 3.8) is 0 Å². The third-order valence-corrected chi connectivity index (χ3v) is 3.39. The van der Waals surface area contributed by atoms with Gasteiger partial charge in [-0.05, 0) is 24.5 Å². The average molecular weight is 303 g/mol. The number of nitrogens with zero attached hydrogens (tertiary/aromatic N) is 2. The van der Waals surface area contributed by atoms with Gasteiger partial charge in [-0.3, -0.25) is 14.2 Å². The molecule has 0 saturated carbocycles. The summed E-state index contributed by atoms with van der Waals surface area (Å²) in [4.78, 5) is 28.5. The first kappa shape index (κ1) is 16.2. The molecule has 0 radical (unpaired) electrons. The lowest BCUT2D eigenvalue weighted by molar-refractivity contribution is -0.122. The first-order chi connectivity index (χ1) is 10.5. The van der Waals surface area contributed by atoms with Crippen molar-refractivity contribution in [1.29, 1.82) is 0 Å². The van der Waals surface area contributed by atoms with E-state index >= 15 is 0 Å². The number of amides is 1. The lowest BCUT2D eigenvalue weighted by Crippen LogP contribution is -2.41. The van der Waals surface area contributed by atoms with E-state index in [1.54, 1.807) is 18.2 Å². The topological polar surface area (TPSA) is 84.2 Å². The molecule has 2 N–H and O–H groups in total. The van der Waals surface area contributed by atoms with Crippen LogP contribution in [-0.2, 0) is 11.3 Å². The summed E-state index contributed by atoms with van der Waals surface area (Å²) in [6.07, 6.45) is 2.06. The monoisotopic (exact) mass is 303 g/mol. The van der Waals surface area contributed by atoms with Crippen LogP contribution in [0.3, 0.4) is 0 Å². The molecule has 0 aliphatic carbocycles. The first-order valence-electron chi connectivity index (χ1n) is 7.35. The van der Waals surface area contributed by atoms with Gasteiger partial charge in [-0.25, -0.2) is 4.98 Å². The van der Waals surface area contributed by atoms with Gasteiger partial charge in [0, 0.05) is 0 Å². The van der Waals surface area contributed by atoms with E-state index in [2.05, 4.69) is 10.3 Å². The Kier molecular flexibility index (Phi) is 5.27. The third-order valence-electron chi connectivity index (χ3n) is 3.39. The fourth-order valence-electron chi connectivity index (χ4n) is 2.39. The minimum Gasteiger partial charge on any atom is -0.394 e. The highest BCUT2D eigenvalue weighted by atomic mass is 16.3. The van der Waals surface area contributed by atoms with Crippen molar-refractivity contribution >= 4 is 16.8 Å². The van der Waals surface area contributed by atoms with E-state index in [0.717, 1.165) is 0 Å². The Morgan fingerprint density at radius 1 is 1.36 bits per heavy atom. The number of hydrogen-bond acceptors (Lipinski definition) is 4. The van der Waals surface area contributed by atoms with Crippen molar-refractivity contribution in [2.24, 2.45) is 5.92 Å². The van der Waals surface area contributed by atoms with E-state index in [1.807, 2.05) is 19.9 Å². The summed E-state index contributed by atoms with van der Waals surface area (Å²) in [6.45, 7) is 3.82. The number of benzene rings is 1. The zero-order chi connectivity index (χ0) is 16.1. The molecule has 0 saturated heterocycles. The van der Waals surface area contributed by atoms with Crippen molar-refractivity contribution in [3.05, 3.63) is 40.9 Å². The second-order valence-electron chi connectivity index (χ2n) is 5.77. The highest BCUT2D eigenvalue weighted by Crippen LogP contribution is 2.05. The maximum absolute atomic E-state index is 12.3. The predicted octanol–water partition coefficient (Wildman–Crippen LogP) is 0.920. The van der Waals surface area contributed by atoms with Crippen LogP contribution < -0.4 is 10.9 Å². The van der Waals surface area contributed by atoms with Gasteiger partial charge in [0.15, 0.2) is 0 Å². The van der Waals surface area contributed by atoms with Gasteiger partial charge >= 0.3 is 0 Å². The Labute approximate surface area is 128 Å². The van der Waals surface area contributed by atoms with Gasteiger partial charge in [0.05, 0.1) is 29.9 Å². The van der Waals surface area contributed by atoms with Crippen molar-refractivity contribution in [2.45, 2.75) is 32.9 Å². The molecular formula is C16H21N3O3. The Bertz CT molecular complexity index is 709. The zero-order valence-electron chi connectivity index (χ0n) is 12.8. The maximum Gasteiger partial charge on any atom is 0.261 e. The van der Waals surface area contributed by atoms with E-state index in [1.165, 1.54) is 10.9 Å². The standard InChI is InChI=1S/C16H21N3O3/c1-11(2)7-12(9-20)18-15(21)8-19-10-17-14-6-4-3-5-13(14)16(19)22/h3-6,10-12,20H,7-9H2,1-2H3,(H,18,21). The first-order valence-corrected chi connectivity index (χ1v) is 7.35. The molecule has 0 bridgehead atoms. The van der Waals surface area contributed by atoms with E-state index < -0.39 is 0 Å². The van der Waals surface area contributed by atoms with Crippen LogP contribution in [0.2, 0.25) is 0 Å². The highest BCUT2D eigenvalue weighted by Gasteiger charge is 2.14. The summed E-state index contributed by atoms with van der Waals surface area (Å²) in [5.74, 6) is 0.0568. The Morgan fingerprint density at radius 2 is 2.09 bits per heavy atom. The summed E-state index contributed by atoms with van der Waals surface area (Å²) in [7, 11) is 0. The van der Waals surface area contributed by atoms with Gasteiger partial charge in [-0.1, -0.05) is 26.0 Å². The lowest BCUT2D eigenvalue weighted by atomic mass is 10.0. The second-order valence-corrected chi connectivity index (χ2v) is 5.77. The zero-order valence-corrected chi connectivity index (χ0v) is 12.8. The fourth-order valence-corrected chi connectivity index (χ4v) is 2.39. The van der Waals surface area contributed by atoms with Crippen LogP contribution in [0.5, 0.6) is 0 Å². The normalized spacial score (nSPS) is 12.5. The van der Waals surface area contributed by atoms with Crippen LogP contribution >= 0.6 is 0 Å². The number of hydrogen-bond donors (Lipinski definition) is 2. The van der Waals surface area contributed by atoms with Crippen LogP contribution in [0.15, 0.2) is 35.4 Å². The highest BCUT2D eigenvalue weighted by molar-refractivity contribution is 5.79. The predicted molar refractivity (Wildman–Crippen MR) is 84.5 cm³/mol. The summed E-state index contributed by atoms with van der Waals surface area (Å²) >= 11 is 0. The number of nitrogens with one attached hydrogen (secondary N) is 1. The van der Waals surface area contributed by atoms with Gasteiger partial charge in [0.1, 0.15) is 6.54 Å². The summed E-state index contributed by atoms with van der Waals surface area (Å²) in [6, 6.07) is 6.72. The molecule has 1 aromatic carbocycles. The van der Waals surface area contributed by atoms with Crippen molar-refractivity contribution in [3.8, 4) is 0 Å². The van der Waals surface area contributed by atoms with Gasteiger partial charge in [0.2, 0.25) is 5.91 Å². The van der Waals surface area contributed by atoms with Gasteiger partial charge in [0.25, 0.3) is 5.56 Å². The van der Waals surface area contributed by atoms with Crippen molar-refractivity contribution in [1.82, 2.24) is 14.9 Å². The maximum atomic E-state index is 12.3. The largest absolute Gasteiger partial charge is 0.394 e. The smallest absolute Gasteiger partial charge is 0.261 e. The molecular weight excluding hydrogens is 282 g/mol. The molecule has 2 aromatic rings. The van der Waals surface area contributed by atoms with Gasteiger partial charge in [-0.15, -0.1) is 0 Å². The fraction of sp³-hybridized carbons (Fsp3) is 0.438. The molecule has 0 spiro atoms. The molecule has 0 fully saturated rings. The molecule has 1 atom stereocenters. The number of rotatable bonds is 6. The van der Waals surface area contributed by atoms with E-state index in [0.29, 0.717) is 23.2 Å². The number of aliphatic hydroxyl groups is 1. The minimum atomic E-state index is -0.307. The minimum absolute atomic E-state index is 0.106. The van der Waals surface area contributed by atoms with Crippen LogP contribution in [0.25, 0.3) is 10.9 Å². The molecule has 22 heavy (non-hydrogen) atoms. The molecule has 1 amide bonds. The quantitative estimate of drug-likeness (QED) is 0.831. The molecule has 1 aromatic heterocycles.